The van der Waals surface area contributed by atoms with Crippen LogP contribution in [0.4, 0.5) is 0 Å². The van der Waals surface area contributed by atoms with Crippen molar-refractivity contribution in [2.45, 2.75) is 84.2 Å². The molecule has 35 heavy (non-hydrogen) atoms. The van der Waals surface area contributed by atoms with Crippen molar-refractivity contribution in [3.8, 4) is 0 Å². The first kappa shape index (κ1) is 22.8. The Morgan fingerprint density at radius 1 is 0.914 bits per heavy atom. The van der Waals surface area contributed by atoms with E-state index in [4.69, 9.17) is 9.47 Å². The highest BCUT2D eigenvalue weighted by atomic mass is 16.5. The fraction of sp³-hybridized carbons (Fsp3) is 0.900. The maximum Gasteiger partial charge on any atom is 0.309 e. The van der Waals surface area contributed by atoms with E-state index in [9.17, 15) is 14.4 Å². The van der Waals surface area contributed by atoms with Crippen LogP contribution in [0.3, 0.4) is 0 Å². The quantitative estimate of drug-likeness (QED) is 0.375. The molecule has 5 heteroatoms. The van der Waals surface area contributed by atoms with Crippen LogP contribution in [0.5, 0.6) is 0 Å². The number of carbonyl (C=O) groups is 3. The summed E-state index contributed by atoms with van der Waals surface area (Å²) in [5.74, 6) is 6.48. The van der Waals surface area contributed by atoms with E-state index in [1.165, 1.54) is 12.8 Å². The molecular weight excluding hydrogens is 440 g/mol. The molecule has 0 saturated heterocycles. The first-order valence-corrected chi connectivity index (χ1v) is 14.8. The Morgan fingerprint density at radius 3 is 2.54 bits per heavy atom. The predicted octanol–water partition coefficient (Wildman–Crippen LogP) is 5.06. The van der Waals surface area contributed by atoms with Crippen molar-refractivity contribution in [2.75, 3.05) is 6.61 Å². The van der Waals surface area contributed by atoms with Gasteiger partial charge in [0.2, 0.25) is 0 Å². The SMILES string of the molecule is CCC(C)C(=O)OC1CC2CC1C1C3CC(CC3C(=O)OCCC3C4CC5CC(C4)C(=O)C3C5)C21. The van der Waals surface area contributed by atoms with Crippen LogP contribution in [0.15, 0.2) is 0 Å². The Labute approximate surface area is 209 Å². The molecule has 0 aromatic heterocycles. The second kappa shape index (κ2) is 8.31. The fourth-order valence-corrected chi connectivity index (χ4v) is 11.0. The van der Waals surface area contributed by atoms with Gasteiger partial charge in [0.15, 0.2) is 0 Å². The van der Waals surface area contributed by atoms with Crippen molar-refractivity contribution in [1.82, 2.24) is 0 Å². The highest BCUT2D eigenvalue weighted by molar-refractivity contribution is 5.85. The van der Waals surface area contributed by atoms with E-state index in [1.54, 1.807) is 0 Å². The molecule has 5 nitrogen and oxygen atoms in total. The minimum atomic E-state index is -0.0380. The highest BCUT2D eigenvalue weighted by Crippen LogP contribution is 2.69. The summed E-state index contributed by atoms with van der Waals surface area (Å²) in [6.07, 6.45) is 10.8. The number of esters is 2. The molecule has 8 aliphatic carbocycles. The predicted molar refractivity (Wildman–Crippen MR) is 129 cm³/mol. The van der Waals surface area contributed by atoms with Crippen LogP contribution in [0.1, 0.15) is 78.1 Å². The van der Waals surface area contributed by atoms with Crippen LogP contribution < -0.4 is 0 Å². The standard InChI is InChI=1S/C30H42O5/c1-3-14(2)29(32)35-25-13-18-12-24(25)27-21-10-17(26(18)27)11-23(21)30(33)34-5-4-20-16-6-15-7-19(9-16)28(31)22(20)8-15/h14-27H,3-13H2,1-2H3. The first-order valence-electron chi connectivity index (χ1n) is 14.8. The molecule has 14 unspecified atom stereocenters. The van der Waals surface area contributed by atoms with Crippen molar-refractivity contribution in [1.29, 1.82) is 0 Å². The summed E-state index contributed by atoms with van der Waals surface area (Å²) in [6, 6.07) is 0. The third-order valence-electron chi connectivity index (χ3n) is 12.4. The molecule has 0 amide bonds. The lowest BCUT2D eigenvalue weighted by Gasteiger charge is -2.53. The number of Topliss-reactive ketones (excluding diaryl/α,β-unsaturated/α-hetero) is 1. The second-order valence-electron chi connectivity index (χ2n) is 13.7. The molecular formula is C30H42O5. The Kier molecular flexibility index (Phi) is 5.41. The van der Waals surface area contributed by atoms with Crippen molar-refractivity contribution in [2.24, 2.45) is 76.9 Å². The van der Waals surface area contributed by atoms with E-state index in [2.05, 4.69) is 0 Å². The van der Waals surface area contributed by atoms with E-state index in [1.807, 2.05) is 13.8 Å². The number of carbonyl (C=O) groups excluding carboxylic acids is 3. The van der Waals surface area contributed by atoms with Crippen LogP contribution in [0, 0.1) is 76.9 Å². The van der Waals surface area contributed by atoms with Gasteiger partial charge in [0.25, 0.3) is 0 Å². The third-order valence-corrected chi connectivity index (χ3v) is 12.4. The van der Waals surface area contributed by atoms with Crippen molar-refractivity contribution in [3.05, 3.63) is 0 Å². The average molecular weight is 483 g/mol. The Bertz CT molecular complexity index is 912. The summed E-state index contributed by atoms with van der Waals surface area (Å²) in [5, 5.41) is 0. The zero-order valence-corrected chi connectivity index (χ0v) is 21.4. The molecule has 0 aromatic rings. The minimum absolute atomic E-state index is 0.0158. The summed E-state index contributed by atoms with van der Waals surface area (Å²) in [7, 11) is 0. The molecule has 0 N–H and O–H groups in total. The average Bonchev–Trinajstić information content (AvgIpc) is 3.62. The highest BCUT2D eigenvalue weighted by Gasteiger charge is 2.66. The Hall–Kier alpha value is -1.39. The first-order chi connectivity index (χ1) is 16.9. The maximum atomic E-state index is 13.3. The molecule has 8 saturated carbocycles. The van der Waals surface area contributed by atoms with Crippen molar-refractivity contribution >= 4 is 17.7 Å². The fourth-order valence-electron chi connectivity index (χ4n) is 11.0. The van der Waals surface area contributed by atoms with Gasteiger partial charge in [-0.2, -0.15) is 0 Å². The molecule has 8 rings (SSSR count). The second-order valence-corrected chi connectivity index (χ2v) is 13.7. The van der Waals surface area contributed by atoms with Gasteiger partial charge >= 0.3 is 11.9 Å². The van der Waals surface area contributed by atoms with E-state index >= 15 is 0 Å². The molecule has 0 radical (unpaired) electrons. The van der Waals surface area contributed by atoms with E-state index in [0.29, 0.717) is 59.7 Å². The lowest BCUT2D eigenvalue weighted by atomic mass is 9.51. The van der Waals surface area contributed by atoms with Gasteiger partial charge in [-0.1, -0.05) is 13.8 Å². The topological polar surface area (TPSA) is 69.7 Å². The Balaban J connectivity index is 0.957. The number of rotatable bonds is 7. The number of ketones is 1. The van der Waals surface area contributed by atoms with Gasteiger partial charge < -0.3 is 9.47 Å². The van der Waals surface area contributed by atoms with Crippen LogP contribution in [-0.2, 0) is 23.9 Å². The summed E-state index contributed by atoms with van der Waals surface area (Å²) < 4.78 is 12.0. The van der Waals surface area contributed by atoms with E-state index in [0.717, 1.165) is 63.2 Å². The molecule has 8 aliphatic rings. The molecule has 8 bridgehead atoms. The number of ether oxygens (including phenoxy) is 2. The zero-order chi connectivity index (χ0) is 24.0. The van der Waals surface area contributed by atoms with E-state index in [-0.39, 0.29) is 35.8 Å². The van der Waals surface area contributed by atoms with E-state index < -0.39 is 0 Å². The number of hydrogen-bond donors (Lipinski definition) is 0. The van der Waals surface area contributed by atoms with Gasteiger partial charge in [0.05, 0.1) is 18.4 Å². The Morgan fingerprint density at radius 2 is 1.71 bits per heavy atom. The lowest BCUT2D eigenvalue weighted by molar-refractivity contribution is -0.162. The summed E-state index contributed by atoms with van der Waals surface area (Å²) >= 11 is 0. The van der Waals surface area contributed by atoms with Crippen LogP contribution in [0.25, 0.3) is 0 Å². The molecule has 8 fully saturated rings. The van der Waals surface area contributed by atoms with Gasteiger partial charge in [0.1, 0.15) is 11.9 Å². The van der Waals surface area contributed by atoms with Gasteiger partial charge in [-0.15, -0.1) is 0 Å². The van der Waals surface area contributed by atoms with Gasteiger partial charge in [0, 0.05) is 11.8 Å². The van der Waals surface area contributed by atoms with Gasteiger partial charge in [-0.25, -0.2) is 0 Å². The number of hydrogen-bond acceptors (Lipinski definition) is 5. The molecule has 0 spiro atoms. The molecule has 0 heterocycles. The summed E-state index contributed by atoms with van der Waals surface area (Å²) in [6.45, 7) is 4.49. The monoisotopic (exact) mass is 482 g/mol. The summed E-state index contributed by atoms with van der Waals surface area (Å²) in [5.41, 5.74) is 0. The number of fused-ring (bicyclic) bond motifs is 9. The van der Waals surface area contributed by atoms with Crippen molar-refractivity contribution in [3.63, 3.8) is 0 Å². The largest absolute Gasteiger partial charge is 0.465 e. The normalized spacial score (nSPS) is 51.0. The van der Waals surface area contributed by atoms with Crippen molar-refractivity contribution < 1.29 is 23.9 Å². The van der Waals surface area contributed by atoms with Crippen LogP contribution in [-0.4, -0.2) is 30.4 Å². The third kappa shape index (κ3) is 3.41. The molecule has 192 valence electrons. The zero-order valence-electron chi connectivity index (χ0n) is 21.4. The molecule has 0 aromatic carbocycles. The van der Waals surface area contributed by atoms with Crippen LogP contribution >= 0.6 is 0 Å². The lowest BCUT2D eigenvalue weighted by Crippen LogP contribution is -2.51. The van der Waals surface area contributed by atoms with Gasteiger partial charge in [-0.05, 0) is 117 Å². The van der Waals surface area contributed by atoms with Crippen LogP contribution in [0.2, 0.25) is 0 Å². The maximum absolute atomic E-state index is 13.3. The smallest absolute Gasteiger partial charge is 0.309 e. The minimum Gasteiger partial charge on any atom is -0.465 e. The van der Waals surface area contributed by atoms with Gasteiger partial charge in [-0.3, -0.25) is 14.4 Å². The molecule has 0 aliphatic heterocycles. The molecule has 14 atom stereocenters. The summed E-state index contributed by atoms with van der Waals surface area (Å²) in [4.78, 5) is 38.5.